The number of ether oxygens (including phenoxy) is 2. The van der Waals surface area contributed by atoms with Crippen molar-refractivity contribution in [3.63, 3.8) is 0 Å². The highest BCUT2D eigenvalue weighted by Crippen LogP contribution is 2.25. The summed E-state index contributed by atoms with van der Waals surface area (Å²) in [4.78, 5) is 2.22. The molecule has 0 aromatic heterocycles. The minimum Gasteiger partial charge on any atom is -0.392 e. The highest BCUT2D eigenvalue weighted by molar-refractivity contribution is 9.10. The Labute approximate surface area is 123 Å². The Balaban J connectivity index is 2.82. The maximum absolute atomic E-state index is 9.49. The van der Waals surface area contributed by atoms with E-state index in [0.29, 0.717) is 6.61 Å². The summed E-state index contributed by atoms with van der Waals surface area (Å²) >= 11 is 3.43. The monoisotopic (exact) mass is 331 g/mol. The van der Waals surface area contributed by atoms with Gasteiger partial charge in [-0.25, -0.2) is 0 Å². The number of benzene rings is 1. The first-order chi connectivity index (χ1) is 9.22. The van der Waals surface area contributed by atoms with E-state index in [1.54, 1.807) is 14.2 Å². The first-order valence-electron chi connectivity index (χ1n) is 6.35. The summed E-state index contributed by atoms with van der Waals surface area (Å²) in [5.74, 6) is 0. The Morgan fingerprint density at radius 2 is 1.89 bits per heavy atom. The molecule has 0 fully saturated rings. The number of halogens is 1. The van der Waals surface area contributed by atoms with Gasteiger partial charge in [0.2, 0.25) is 0 Å². The Morgan fingerprint density at radius 3 is 2.53 bits per heavy atom. The van der Waals surface area contributed by atoms with Crippen LogP contribution in [-0.4, -0.2) is 45.6 Å². The molecule has 108 valence electrons. The second-order valence-electron chi connectivity index (χ2n) is 4.26. The van der Waals surface area contributed by atoms with E-state index >= 15 is 0 Å². The van der Waals surface area contributed by atoms with Crippen LogP contribution in [0.4, 0.5) is 5.69 Å². The number of aliphatic hydroxyl groups excluding tert-OH is 1. The third-order valence-corrected chi connectivity index (χ3v) is 3.39. The third kappa shape index (κ3) is 5.48. The van der Waals surface area contributed by atoms with Crippen molar-refractivity contribution in [2.45, 2.75) is 13.0 Å². The van der Waals surface area contributed by atoms with Crippen molar-refractivity contribution < 1.29 is 14.6 Å². The summed E-state index contributed by atoms with van der Waals surface area (Å²) < 4.78 is 11.2. The molecule has 1 aromatic carbocycles. The number of aliphatic hydroxyl groups is 1. The molecule has 4 nitrogen and oxygen atoms in total. The normalized spacial score (nSPS) is 10.7. The van der Waals surface area contributed by atoms with Crippen LogP contribution < -0.4 is 4.90 Å². The maximum atomic E-state index is 9.49. The van der Waals surface area contributed by atoms with Crippen LogP contribution in [0.5, 0.6) is 0 Å². The molecule has 5 heteroatoms. The van der Waals surface area contributed by atoms with E-state index in [2.05, 4.69) is 20.8 Å². The molecule has 1 N–H and O–H groups in total. The van der Waals surface area contributed by atoms with Crippen LogP contribution in [0, 0.1) is 0 Å². The van der Waals surface area contributed by atoms with E-state index in [-0.39, 0.29) is 6.61 Å². The highest BCUT2D eigenvalue weighted by atomic mass is 79.9. The summed E-state index contributed by atoms with van der Waals surface area (Å²) in [6.45, 7) is 3.10. The van der Waals surface area contributed by atoms with E-state index in [9.17, 15) is 5.11 Å². The zero-order valence-corrected chi connectivity index (χ0v) is 13.1. The standard InChI is InChI=1S/C14H22BrNO3/c1-18-8-3-6-16(7-9-19-2)14-5-4-13(15)10-12(14)11-17/h4-5,10,17H,3,6-9,11H2,1-2H3. The van der Waals surface area contributed by atoms with E-state index in [1.807, 2.05) is 18.2 Å². The van der Waals surface area contributed by atoms with Gasteiger partial charge in [0, 0.05) is 49.6 Å². The number of hydrogen-bond donors (Lipinski definition) is 1. The highest BCUT2D eigenvalue weighted by Gasteiger charge is 2.11. The molecule has 0 saturated heterocycles. The lowest BCUT2D eigenvalue weighted by molar-refractivity contribution is 0.191. The van der Waals surface area contributed by atoms with Crippen LogP contribution in [0.25, 0.3) is 0 Å². The van der Waals surface area contributed by atoms with Gasteiger partial charge in [0.25, 0.3) is 0 Å². The number of nitrogens with zero attached hydrogens (tertiary/aromatic N) is 1. The first kappa shape index (κ1) is 16.4. The molecular weight excluding hydrogens is 310 g/mol. The zero-order chi connectivity index (χ0) is 14.1. The van der Waals surface area contributed by atoms with E-state index in [1.165, 1.54) is 0 Å². The molecule has 0 heterocycles. The van der Waals surface area contributed by atoms with Crippen molar-refractivity contribution in [3.05, 3.63) is 28.2 Å². The molecule has 0 aliphatic heterocycles. The molecule has 0 spiro atoms. The molecule has 0 aliphatic rings. The van der Waals surface area contributed by atoms with Gasteiger partial charge in [0.15, 0.2) is 0 Å². The first-order valence-corrected chi connectivity index (χ1v) is 7.14. The molecule has 1 aromatic rings. The lowest BCUT2D eigenvalue weighted by Gasteiger charge is -2.26. The van der Waals surface area contributed by atoms with Gasteiger partial charge in [-0.3, -0.25) is 0 Å². The Hall–Kier alpha value is -0.620. The fraction of sp³-hybridized carbons (Fsp3) is 0.571. The Bertz CT molecular complexity index is 374. The van der Waals surface area contributed by atoms with E-state index in [0.717, 1.165) is 41.8 Å². The van der Waals surface area contributed by atoms with Gasteiger partial charge < -0.3 is 19.5 Å². The average Bonchev–Trinajstić information content (AvgIpc) is 2.43. The van der Waals surface area contributed by atoms with Crippen molar-refractivity contribution in [3.8, 4) is 0 Å². The van der Waals surface area contributed by atoms with Crippen LogP contribution in [0.1, 0.15) is 12.0 Å². The second kappa shape index (κ2) is 9.31. The fourth-order valence-corrected chi connectivity index (χ4v) is 2.35. The van der Waals surface area contributed by atoms with Gasteiger partial charge in [-0.1, -0.05) is 15.9 Å². The summed E-state index contributed by atoms with van der Waals surface area (Å²) in [6, 6.07) is 5.97. The predicted molar refractivity (Wildman–Crippen MR) is 80.6 cm³/mol. The van der Waals surface area contributed by atoms with Gasteiger partial charge in [-0.05, 0) is 24.6 Å². The summed E-state index contributed by atoms with van der Waals surface area (Å²) in [5, 5.41) is 9.49. The molecule has 0 atom stereocenters. The lowest BCUT2D eigenvalue weighted by Crippen LogP contribution is -2.30. The van der Waals surface area contributed by atoms with Gasteiger partial charge in [0.1, 0.15) is 0 Å². The molecular formula is C14H22BrNO3. The Morgan fingerprint density at radius 1 is 1.16 bits per heavy atom. The fourth-order valence-electron chi connectivity index (χ4n) is 1.94. The SMILES string of the molecule is COCCCN(CCOC)c1ccc(Br)cc1CO. The lowest BCUT2D eigenvalue weighted by atomic mass is 10.1. The van der Waals surface area contributed by atoms with Crippen LogP contribution >= 0.6 is 15.9 Å². The minimum absolute atomic E-state index is 0.0303. The quantitative estimate of drug-likeness (QED) is 0.706. The molecule has 0 unspecified atom stereocenters. The van der Waals surface area contributed by atoms with Crippen molar-refractivity contribution in [2.75, 3.05) is 45.4 Å². The molecule has 0 radical (unpaired) electrons. The Kier molecular flexibility index (Phi) is 8.05. The topological polar surface area (TPSA) is 41.9 Å². The van der Waals surface area contributed by atoms with Gasteiger partial charge in [-0.2, -0.15) is 0 Å². The molecule has 19 heavy (non-hydrogen) atoms. The number of rotatable bonds is 9. The summed E-state index contributed by atoms with van der Waals surface area (Å²) in [6.07, 6.45) is 0.946. The second-order valence-corrected chi connectivity index (χ2v) is 5.17. The van der Waals surface area contributed by atoms with Crippen LogP contribution in [-0.2, 0) is 16.1 Å². The van der Waals surface area contributed by atoms with Crippen LogP contribution in [0.15, 0.2) is 22.7 Å². The van der Waals surface area contributed by atoms with Gasteiger partial charge in [0.05, 0.1) is 13.2 Å². The van der Waals surface area contributed by atoms with E-state index < -0.39 is 0 Å². The molecule has 1 rings (SSSR count). The van der Waals surface area contributed by atoms with Crippen molar-refractivity contribution in [1.29, 1.82) is 0 Å². The van der Waals surface area contributed by atoms with Crippen molar-refractivity contribution >= 4 is 21.6 Å². The van der Waals surface area contributed by atoms with Crippen molar-refractivity contribution in [2.24, 2.45) is 0 Å². The smallest absolute Gasteiger partial charge is 0.0702 e. The summed E-state index contributed by atoms with van der Waals surface area (Å²) in [7, 11) is 3.40. The van der Waals surface area contributed by atoms with Gasteiger partial charge in [-0.15, -0.1) is 0 Å². The molecule has 0 aliphatic carbocycles. The average molecular weight is 332 g/mol. The predicted octanol–water partition coefficient (Wildman–Crippen LogP) is 2.43. The third-order valence-electron chi connectivity index (χ3n) is 2.89. The van der Waals surface area contributed by atoms with Crippen LogP contribution in [0.2, 0.25) is 0 Å². The number of methoxy groups -OCH3 is 2. The zero-order valence-electron chi connectivity index (χ0n) is 11.6. The van der Waals surface area contributed by atoms with E-state index in [4.69, 9.17) is 9.47 Å². The molecule has 0 bridgehead atoms. The van der Waals surface area contributed by atoms with Crippen LogP contribution in [0.3, 0.4) is 0 Å². The van der Waals surface area contributed by atoms with Crippen molar-refractivity contribution in [1.82, 2.24) is 0 Å². The summed E-state index contributed by atoms with van der Waals surface area (Å²) in [5.41, 5.74) is 1.97. The molecule has 0 saturated carbocycles. The minimum atomic E-state index is 0.0303. The van der Waals surface area contributed by atoms with Gasteiger partial charge >= 0.3 is 0 Å². The maximum Gasteiger partial charge on any atom is 0.0702 e. The number of hydrogen-bond acceptors (Lipinski definition) is 4. The molecule has 0 amide bonds. The number of anilines is 1. The largest absolute Gasteiger partial charge is 0.392 e.